The summed E-state index contributed by atoms with van der Waals surface area (Å²) in [7, 11) is 0. The first kappa shape index (κ1) is 12.0. The molecule has 0 saturated heterocycles. The van der Waals surface area contributed by atoms with E-state index in [0.29, 0.717) is 17.2 Å². The van der Waals surface area contributed by atoms with Crippen LogP contribution in [-0.4, -0.2) is 18.4 Å². The smallest absolute Gasteiger partial charge is 0.186 e. The Bertz CT molecular complexity index is 324. The molecule has 1 atom stereocenters. The number of hydrogen-bond acceptors (Lipinski definition) is 3. The molecule has 3 nitrogen and oxygen atoms in total. The molecule has 1 unspecified atom stereocenters. The predicted molar refractivity (Wildman–Crippen MR) is 60.2 cm³/mol. The van der Waals surface area contributed by atoms with Crippen molar-refractivity contribution in [2.75, 3.05) is 6.61 Å². The first-order chi connectivity index (χ1) is 7.13. The monoisotopic (exact) mass is 227 g/mol. The quantitative estimate of drug-likeness (QED) is 0.838. The third kappa shape index (κ3) is 3.90. The Labute approximate surface area is 94.2 Å². The Kier molecular flexibility index (Phi) is 4.59. The van der Waals surface area contributed by atoms with Crippen molar-refractivity contribution in [1.29, 1.82) is 0 Å². The number of carbonyl (C=O) groups excluding carboxylic acids is 1. The number of Topliss-reactive ketones (excluding diaryl/α,β-unsaturated/α-hetero) is 1. The van der Waals surface area contributed by atoms with Gasteiger partial charge >= 0.3 is 0 Å². The summed E-state index contributed by atoms with van der Waals surface area (Å²) in [6, 6.07) is 6.42. The van der Waals surface area contributed by atoms with Crippen LogP contribution in [0.3, 0.4) is 0 Å². The first-order valence-electron chi connectivity index (χ1n) is 4.80. The van der Waals surface area contributed by atoms with E-state index in [4.69, 9.17) is 22.1 Å². The number of carbonyl (C=O) groups is 1. The van der Waals surface area contributed by atoms with Gasteiger partial charge in [0.05, 0.1) is 6.04 Å². The fourth-order valence-corrected chi connectivity index (χ4v) is 1.15. The SMILES string of the molecule is CCC(N)C(=O)COc1ccc(Cl)cc1. The van der Waals surface area contributed by atoms with Gasteiger partial charge in [0.15, 0.2) is 5.78 Å². The summed E-state index contributed by atoms with van der Waals surface area (Å²) in [4.78, 5) is 11.3. The average Bonchev–Trinajstić information content (AvgIpc) is 2.26. The van der Waals surface area contributed by atoms with E-state index in [2.05, 4.69) is 0 Å². The molecule has 1 aromatic carbocycles. The van der Waals surface area contributed by atoms with Gasteiger partial charge in [-0.1, -0.05) is 18.5 Å². The molecule has 0 aliphatic heterocycles. The Morgan fingerprint density at radius 1 is 1.47 bits per heavy atom. The lowest BCUT2D eigenvalue weighted by atomic mass is 10.1. The highest BCUT2D eigenvalue weighted by molar-refractivity contribution is 6.30. The van der Waals surface area contributed by atoms with E-state index in [9.17, 15) is 4.79 Å². The molecule has 0 aliphatic carbocycles. The Morgan fingerprint density at radius 2 is 2.07 bits per heavy atom. The first-order valence-corrected chi connectivity index (χ1v) is 5.18. The van der Waals surface area contributed by atoms with E-state index in [0.717, 1.165) is 0 Å². The number of benzene rings is 1. The number of hydrogen-bond donors (Lipinski definition) is 1. The van der Waals surface area contributed by atoms with Gasteiger partial charge in [-0.25, -0.2) is 0 Å². The van der Waals surface area contributed by atoms with Crippen molar-refractivity contribution >= 4 is 17.4 Å². The number of ketones is 1. The Balaban J connectivity index is 2.43. The van der Waals surface area contributed by atoms with Crippen molar-refractivity contribution in [2.24, 2.45) is 5.73 Å². The van der Waals surface area contributed by atoms with E-state index in [1.165, 1.54) is 0 Å². The maximum atomic E-state index is 11.3. The molecule has 0 spiro atoms. The third-order valence-electron chi connectivity index (χ3n) is 2.05. The Morgan fingerprint density at radius 3 is 2.60 bits per heavy atom. The van der Waals surface area contributed by atoms with Gasteiger partial charge in [-0.3, -0.25) is 4.79 Å². The van der Waals surface area contributed by atoms with Gasteiger partial charge in [0.2, 0.25) is 0 Å². The molecule has 0 amide bonds. The van der Waals surface area contributed by atoms with Crippen LogP contribution in [-0.2, 0) is 4.79 Å². The molecule has 0 saturated carbocycles. The molecule has 2 N–H and O–H groups in total. The zero-order valence-corrected chi connectivity index (χ0v) is 9.33. The van der Waals surface area contributed by atoms with Crippen molar-refractivity contribution in [3.05, 3.63) is 29.3 Å². The molecule has 0 bridgehead atoms. The van der Waals surface area contributed by atoms with Crippen molar-refractivity contribution in [3.63, 3.8) is 0 Å². The van der Waals surface area contributed by atoms with E-state index in [1.54, 1.807) is 24.3 Å². The van der Waals surface area contributed by atoms with E-state index in [-0.39, 0.29) is 12.4 Å². The van der Waals surface area contributed by atoms with Crippen molar-refractivity contribution in [1.82, 2.24) is 0 Å². The van der Waals surface area contributed by atoms with Crippen LogP contribution in [0.15, 0.2) is 24.3 Å². The molecule has 0 aliphatic rings. The molecular weight excluding hydrogens is 214 g/mol. The van der Waals surface area contributed by atoms with Crippen molar-refractivity contribution in [2.45, 2.75) is 19.4 Å². The largest absolute Gasteiger partial charge is 0.486 e. The van der Waals surface area contributed by atoms with Crippen LogP contribution in [0.1, 0.15) is 13.3 Å². The van der Waals surface area contributed by atoms with E-state index in [1.807, 2.05) is 6.92 Å². The van der Waals surface area contributed by atoms with Gasteiger partial charge in [0.25, 0.3) is 0 Å². The summed E-state index contributed by atoms with van der Waals surface area (Å²) in [5.41, 5.74) is 5.55. The van der Waals surface area contributed by atoms with Crippen LogP contribution in [0.2, 0.25) is 5.02 Å². The van der Waals surface area contributed by atoms with Gasteiger partial charge in [-0.05, 0) is 30.7 Å². The molecule has 0 heterocycles. The maximum Gasteiger partial charge on any atom is 0.186 e. The lowest BCUT2D eigenvalue weighted by Gasteiger charge is -2.09. The normalized spacial score (nSPS) is 12.2. The standard InChI is InChI=1S/C11H14ClNO2/c1-2-10(13)11(14)7-15-9-5-3-8(12)4-6-9/h3-6,10H,2,7,13H2,1H3. The summed E-state index contributed by atoms with van der Waals surface area (Å²) >= 11 is 5.70. The zero-order valence-electron chi connectivity index (χ0n) is 8.57. The second kappa shape index (κ2) is 5.73. The summed E-state index contributed by atoms with van der Waals surface area (Å²) in [5, 5.41) is 0.638. The van der Waals surface area contributed by atoms with Crippen LogP contribution < -0.4 is 10.5 Å². The van der Waals surface area contributed by atoms with Crippen molar-refractivity contribution in [3.8, 4) is 5.75 Å². The lowest BCUT2D eigenvalue weighted by Crippen LogP contribution is -2.33. The minimum absolute atomic E-state index is 0.0106. The fourth-order valence-electron chi connectivity index (χ4n) is 1.02. The van der Waals surface area contributed by atoms with Crippen LogP contribution in [0.5, 0.6) is 5.75 Å². The number of nitrogens with two attached hydrogens (primary N) is 1. The molecule has 4 heteroatoms. The van der Waals surface area contributed by atoms with Gasteiger partial charge < -0.3 is 10.5 Å². The number of rotatable bonds is 5. The molecule has 0 fully saturated rings. The third-order valence-corrected chi connectivity index (χ3v) is 2.30. The maximum absolute atomic E-state index is 11.3. The summed E-state index contributed by atoms with van der Waals surface area (Å²) < 4.78 is 5.26. The highest BCUT2D eigenvalue weighted by Crippen LogP contribution is 2.15. The minimum atomic E-state index is -0.433. The molecule has 0 aromatic heterocycles. The van der Waals surface area contributed by atoms with E-state index < -0.39 is 6.04 Å². The number of halogens is 1. The molecule has 1 aromatic rings. The second-order valence-electron chi connectivity index (χ2n) is 3.22. The number of ether oxygens (including phenoxy) is 1. The minimum Gasteiger partial charge on any atom is -0.486 e. The van der Waals surface area contributed by atoms with Crippen molar-refractivity contribution < 1.29 is 9.53 Å². The highest BCUT2D eigenvalue weighted by Gasteiger charge is 2.11. The predicted octanol–water partition coefficient (Wildman–Crippen LogP) is 2.03. The topological polar surface area (TPSA) is 52.3 Å². The van der Waals surface area contributed by atoms with Crippen LogP contribution >= 0.6 is 11.6 Å². The van der Waals surface area contributed by atoms with Gasteiger partial charge in [0.1, 0.15) is 12.4 Å². The summed E-state index contributed by atoms with van der Waals surface area (Å²) in [6.45, 7) is 1.88. The lowest BCUT2D eigenvalue weighted by molar-refractivity contribution is -0.122. The molecule has 1 rings (SSSR count). The average molecular weight is 228 g/mol. The second-order valence-corrected chi connectivity index (χ2v) is 3.66. The van der Waals surface area contributed by atoms with Crippen LogP contribution in [0, 0.1) is 0 Å². The molecular formula is C11H14ClNO2. The van der Waals surface area contributed by atoms with Crippen LogP contribution in [0.4, 0.5) is 0 Å². The summed E-state index contributed by atoms with van der Waals surface area (Å²) in [6.07, 6.45) is 0.628. The summed E-state index contributed by atoms with van der Waals surface area (Å²) in [5.74, 6) is 0.531. The Hall–Kier alpha value is -1.06. The zero-order chi connectivity index (χ0) is 11.3. The van der Waals surface area contributed by atoms with E-state index >= 15 is 0 Å². The fraction of sp³-hybridized carbons (Fsp3) is 0.364. The highest BCUT2D eigenvalue weighted by atomic mass is 35.5. The molecule has 0 radical (unpaired) electrons. The molecule has 15 heavy (non-hydrogen) atoms. The van der Waals surface area contributed by atoms with Crippen LogP contribution in [0.25, 0.3) is 0 Å². The van der Waals surface area contributed by atoms with Gasteiger partial charge in [-0.2, -0.15) is 0 Å². The molecule has 82 valence electrons. The van der Waals surface area contributed by atoms with Gasteiger partial charge in [-0.15, -0.1) is 0 Å². The van der Waals surface area contributed by atoms with Gasteiger partial charge in [0, 0.05) is 5.02 Å².